The van der Waals surface area contributed by atoms with Crippen molar-refractivity contribution in [1.29, 1.82) is 0 Å². The molecule has 0 unspecified atom stereocenters. The van der Waals surface area contributed by atoms with Crippen LogP contribution in [0.5, 0.6) is 0 Å². The molecule has 0 fully saturated rings. The van der Waals surface area contributed by atoms with Crippen LogP contribution in [0.3, 0.4) is 0 Å². The minimum Gasteiger partial charge on any atom is -0.291 e. The first kappa shape index (κ1) is 22.8. The molecule has 4 rings (SSSR count). The van der Waals surface area contributed by atoms with Gasteiger partial charge in [0.15, 0.2) is 0 Å². The molecule has 0 aliphatic heterocycles. The van der Waals surface area contributed by atoms with Crippen molar-refractivity contribution in [3.8, 4) is 28.2 Å². The lowest BCUT2D eigenvalue weighted by molar-refractivity contribution is 0.503. The third-order valence-corrected chi connectivity index (χ3v) is 6.16. The molecule has 0 atom stereocenters. The van der Waals surface area contributed by atoms with Gasteiger partial charge in [-0.05, 0) is 24.5 Å². The first-order valence-electron chi connectivity index (χ1n) is 12.2. The zero-order valence-corrected chi connectivity index (χ0v) is 19.8. The van der Waals surface area contributed by atoms with Gasteiger partial charge in [0.05, 0.1) is 17.1 Å². The van der Waals surface area contributed by atoms with Crippen LogP contribution in [-0.2, 0) is 6.54 Å². The maximum atomic E-state index is 13.9. The van der Waals surface area contributed by atoms with Gasteiger partial charge in [0.25, 0.3) is 0 Å². The molecule has 3 aromatic carbocycles. The van der Waals surface area contributed by atoms with Crippen molar-refractivity contribution >= 4 is 0 Å². The number of unbranched alkanes of at least 4 members (excludes halogenated alkanes) is 3. The van der Waals surface area contributed by atoms with Gasteiger partial charge in [0.2, 0.25) is 0 Å². The van der Waals surface area contributed by atoms with E-state index < -0.39 is 0 Å². The van der Waals surface area contributed by atoms with Crippen LogP contribution in [0.1, 0.15) is 46.0 Å². The summed E-state index contributed by atoms with van der Waals surface area (Å²) in [5.41, 5.74) is 5.00. The van der Waals surface area contributed by atoms with E-state index in [0.29, 0.717) is 0 Å². The molecule has 3 heteroatoms. The Morgan fingerprint density at radius 2 is 1.15 bits per heavy atom. The summed E-state index contributed by atoms with van der Waals surface area (Å²) in [4.78, 5) is 13.9. The SMILES string of the molecule is CC(C)CCCCCCn1c(-c2ccccc2)c(-c2ccccc2)n(-c2ccccc2)c1=O. The summed E-state index contributed by atoms with van der Waals surface area (Å²) in [7, 11) is 0. The summed E-state index contributed by atoms with van der Waals surface area (Å²) in [6.45, 7) is 5.29. The van der Waals surface area contributed by atoms with Gasteiger partial charge in [-0.3, -0.25) is 9.13 Å². The number of para-hydroxylation sites is 1. The molecule has 33 heavy (non-hydrogen) atoms. The van der Waals surface area contributed by atoms with E-state index >= 15 is 0 Å². The van der Waals surface area contributed by atoms with E-state index in [9.17, 15) is 4.79 Å². The lowest BCUT2D eigenvalue weighted by Gasteiger charge is -2.12. The highest BCUT2D eigenvalue weighted by Crippen LogP contribution is 2.33. The number of imidazole rings is 1. The largest absolute Gasteiger partial charge is 0.333 e. The highest BCUT2D eigenvalue weighted by molar-refractivity contribution is 5.80. The Hall–Kier alpha value is -3.33. The molecule has 0 amide bonds. The van der Waals surface area contributed by atoms with Gasteiger partial charge in [0, 0.05) is 17.7 Å². The minimum absolute atomic E-state index is 0.0288. The molecule has 0 saturated carbocycles. The van der Waals surface area contributed by atoms with Crippen molar-refractivity contribution in [1.82, 2.24) is 9.13 Å². The molecular formula is C30H34N2O. The summed E-state index contributed by atoms with van der Waals surface area (Å²) in [5.74, 6) is 0.755. The summed E-state index contributed by atoms with van der Waals surface area (Å²) in [6, 6.07) is 30.6. The van der Waals surface area contributed by atoms with Gasteiger partial charge in [0.1, 0.15) is 0 Å². The fraction of sp³-hybridized carbons (Fsp3) is 0.300. The number of hydrogen-bond donors (Lipinski definition) is 0. The zero-order chi connectivity index (χ0) is 23.0. The fourth-order valence-corrected chi connectivity index (χ4v) is 4.50. The Morgan fingerprint density at radius 1 is 0.636 bits per heavy atom. The molecule has 0 saturated heterocycles. The van der Waals surface area contributed by atoms with E-state index in [2.05, 4.69) is 38.1 Å². The Labute approximate surface area is 197 Å². The van der Waals surface area contributed by atoms with E-state index in [0.717, 1.165) is 53.5 Å². The lowest BCUT2D eigenvalue weighted by Crippen LogP contribution is -2.24. The van der Waals surface area contributed by atoms with Crippen molar-refractivity contribution < 1.29 is 0 Å². The molecule has 0 N–H and O–H groups in total. The van der Waals surface area contributed by atoms with Crippen molar-refractivity contribution in [2.45, 2.75) is 52.5 Å². The van der Waals surface area contributed by atoms with Crippen molar-refractivity contribution in [2.24, 2.45) is 5.92 Å². The summed E-state index contributed by atoms with van der Waals surface area (Å²) in [5, 5.41) is 0. The van der Waals surface area contributed by atoms with Crippen LogP contribution in [0.2, 0.25) is 0 Å². The number of aromatic nitrogens is 2. The molecule has 1 heterocycles. The normalized spacial score (nSPS) is 11.2. The number of hydrogen-bond acceptors (Lipinski definition) is 1. The third-order valence-electron chi connectivity index (χ3n) is 6.16. The maximum absolute atomic E-state index is 13.9. The smallest absolute Gasteiger partial charge is 0.291 e. The minimum atomic E-state index is 0.0288. The second-order valence-corrected chi connectivity index (χ2v) is 9.13. The zero-order valence-electron chi connectivity index (χ0n) is 19.8. The summed E-state index contributed by atoms with van der Waals surface area (Å²) >= 11 is 0. The van der Waals surface area contributed by atoms with E-state index in [1.54, 1.807) is 0 Å². The second-order valence-electron chi connectivity index (χ2n) is 9.13. The average Bonchev–Trinajstić information content (AvgIpc) is 3.14. The summed E-state index contributed by atoms with van der Waals surface area (Å²) in [6.07, 6.45) is 5.91. The highest BCUT2D eigenvalue weighted by atomic mass is 16.1. The Morgan fingerprint density at radius 3 is 1.73 bits per heavy atom. The fourth-order valence-electron chi connectivity index (χ4n) is 4.50. The highest BCUT2D eigenvalue weighted by Gasteiger charge is 2.23. The molecule has 0 spiro atoms. The Bertz CT molecular complexity index is 1190. The topological polar surface area (TPSA) is 26.9 Å². The van der Waals surface area contributed by atoms with E-state index in [1.807, 2.05) is 75.9 Å². The van der Waals surface area contributed by atoms with Crippen LogP contribution in [0.4, 0.5) is 0 Å². The van der Waals surface area contributed by atoms with Crippen LogP contribution in [0.25, 0.3) is 28.2 Å². The lowest BCUT2D eigenvalue weighted by atomic mass is 10.0. The van der Waals surface area contributed by atoms with Crippen LogP contribution >= 0.6 is 0 Å². The third kappa shape index (κ3) is 5.36. The van der Waals surface area contributed by atoms with Crippen molar-refractivity contribution in [2.75, 3.05) is 0 Å². The van der Waals surface area contributed by atoms with Gasteiger partial charge in [-0.1, -0.05) is 118 Å². The molecular weight excluding hydrogens is 404 g/mol. The first-order valence-corrected chi connectivity index (χ1v) is 12.2. The van der Waals surface area contributed by atoms with Crippen LogP contribution in [-0.4, -0.2) is 9.13 Å². The molecule has 4 aromatic rings. The summed E-state index contributed by atoms with van der Waals surface area (Å²) < 4.78 is 3.88. The molecule has 170 valence electrons. The van der Waals surface area contributed by atoms with Gasteiger partial charge >= 0.3 is 5.69 Å². The first-order chi connectivity index (χ1) is 16.2. The van der Waals surface area contributed by atoms with E-state index in [4.69, 9.17) is 0 Å². The quantitative estimate of drug-likeness (QED) is 0.234. The second kappa shape index (κ2) is 11.0. The van der Waals surface area contributed by atoms with Crippen LogP contribution in [0, 0.1) is 5.92 Å². The molecule has 0 aliphatic rings. The molecule has 0 radical (unpaired) electrons. The number of benzene rings is 3. The number of rotatable bonds is 10. The molecule has 1 aromatic heterocycles. The van der Waals surface area contributed by atoms with E-state index in [-0.39, 0.29) is 5.69 Å². The Balaban J connectivity index is 1.80. The Kier molecular flexibility index (Phi) is 7.62. The standard InChI is InChI=1S/C30H34N2O/c1-24(2)16-8-3-4-15-23-31-28(25-17-9-5-10-18-25)29(26-19-11-6-12-20-26)32(30(31)33)27-21-13-7-14-22-27/h5-7,9-14,17-22,24H,3-4,8,15-16,23H2,1-2H3. The monoisotopic (exact) mass is 438 g/mol. The van der Waals surface area contributed by atoms with E-state index in [1.165, 1.54) is 19.3 Å². The van der Waals surface area contributed by atoms with Crippen LogP contribution in [0.15, 0.2) is 95.8 Å². The average molecular weight is 439 g/mol. The van der Waals surface area contributed by atoms with Crippen LogP contribution < -0.4 is 5.69 Å². The molecule has 0 bridgehead atoms. The van der Waals surface area contributed by atoms with Gasteiger partial charge in [-0.2, -0.15) is 0 Å². The van der Waals surface area contributed by atoms with Crippen molar-refractivity contribution in [3.05, 3.63) is 101 Å². The van der Waals surface area contributed by atoms with Gasteiger partial charge in [-0.15, -0.1) is 0 Å². The van der Waals surface area contributed by atoms with Crippen molar-refractivity contribution in [3.63, 3.8) is 0 Å². The maximum Gasteiger partial charge on any atom is 0.333 e. The molecule has 3 nitrogen and oxygen atoms in total. The predicted octanol–water partition coefficient (Wildman–Crippen LogP) is 7.58. The molecule has 0 aliphatic carbocycles. The van der Waals surface area contributed by atoms with Gasteiger partial charge in [-0.25, -0.2) is 4.79 Å². The predicted molar refractivity (Wildman–Crippen MR) is 139 cm³/mol. The van der Waals surface area contributed by atoms with Gasteiger partial charge < -0.3 is 0 Å². The number of nitrogens with zero attached hydrogens (tertiary/aromatic N) is 2.